The molecule has 0 radical (unpaired) electrons. The van der Waals surface area contributed by atoms with Crippen LogP contribution in [0.15, 0.2) is 23.1 Å². The molecule has 0 bridgehead atoms. The first kappa shape index (κ1) is 23.8. The highest BCUT2D eigenvalue weighted by Crippen LogP contribution is 2.31. The smallest absolute Gasteiger partial charge is 0.312 e. The summed E-state index contributed by atoms with van der Waals surface area (Å²) in [7, 11) is -1.02. The number of hydrogen-bond acceptors (Lipinski definition) is 7. The van der Waals surface area contributed by atoms with E-state index < -0.39 is 21.8 Å². The predicted octanol–water partition coefficient (Wildman–Crippen LogP) is -0.773. The minimum atomic E-state index is -3.86. The fraction of sp³-hybridized carbons (Fsp3) is 0.550. The van der Waals surface area contributed by atoms with Crippen molar-refractivity contribution in [1.29, 1.82) is 0 Å². The minimum Gasteiger partial charge on any atom is -0.497 e. The van der Waals surface area contributed by atoms with Crippen molar-refractivity contribution in [3.63, 3.8) is 0 Å². The van der Waals surface area contributed by atoms with Crippen molar-refractivity contribution in [2.24, 2.45) is 0 Å². The van der Waals surface area contributed by atoms with Gasteiger partial charge in [-0.3, -0.25) is 14.4 Å². The number of hydrogen-bond donors (Lipinski definition) is 0. The largest absolute Gasteiger partial charge is 0.497 e. The Hall–Kier alpha value is -2.86. The lowest BCUT2D eigenvalue weighted by molar-refractivity contribution is -0.157. The molecule has 0 atom stereocenters. The van der Waals surface area contributed by atoms with Gasteiger partial charge in [-0.15, -0.1) is 0 Å². The van der Waals surface area contributed by atoms with Gasteiger partial charge in [0.25, 0.3) is 0 Å². The average Bonchev–Trinajstić information content (AvgIpc) is 2.81. The summed E-state index contributed by atoms with van der Waals surface area (Å²) in [6.45, 7) is 3.30. The molecule has 0 saturated carbocycles. The Labute approximate surface area is 187 Å². The Morgan fingerprint density at radius 1 is 0.938 bits per heavy atom. The number of amides is 3. The van der Waals surface area contributed by atoms with E-state index in [2.05, 4.69) is 0 Å². The lowest BCUT2D eigenvalue weighted by Crippen LogP contribution is -2.58. The van der Waals surface area contributed by atoms with Gasteiger partial charge in [0.05, 0.1) is 14.2 Å². The van der Waals surface area contributed by atoms with Crippen LogP contribution in [0.3, 0.4) is 0 Å². The summed E-state index contributed by atoms with van der Waals surface area (Å²) in [5, 5.41) is 0. The number of carbonyl (C=O) groups excluding carboxylic acids is 3. The molecule has 2 aliphatic rings. The normalized spacial score (nSPS) is 18.2. The van der Waals surface area contributed by atoms with E-state index in [1.807, 2.05) is 0 Å². The van der Waals surface area contributed by atoms with Gasteiger partial charge in [-0.25, -0.2) is 8.42 Å². The molecule has 1 aromatic carbocycles. The van der Waals surface area contributed by atoms with Crippen molar-refractivity contribution in [1.82, 2.24) is 19.0 Å². The van der Waals surface area contributed by atoms with Crippen LogP contribution >= 0.6 is 0 Å². The zero-order valence-corrected chi connectivity index (χ0v) is 19.3. The van der Waals surface area contributed by atoms with Crippen LogP contribution in [0.25, 0.3) is 0 Å². The average molecular weight is 469 g/mol. The van der Waals surface area contributed by atoms with E-state index in [-0.39, 0.29) is 49.3 Å². The molecule has 3 rings (SSSR count). The van der Waals surface area contributed by atoms with Gasteiger partial charge in [0.1, 0.15) is 22.9 Å². The molecule has 0 unspecified atom stereocenters. The van der Waals surface area contributed by atoms with Gasteiger partial charge in [0.15, 0.2) is 0 Å². The Kier molecular flexibility index (Phi) is 7.24. The standard InChI is InChI=1S/C20H28N4O7S/c1-4-21-7-8-23(20(27)19(21)26)14-18(25)22-9-11-24(12-10-22)32(28,29)17-13-15(30-2)5-6-16(17)31-3/h5-6,13H,4,7-12,14H2,1-3H3. The van der Waals surface area contributed by atoms with Crippen LogP contribution in [0.2, 0.25) is 0 Å². The SMILES string of the molecule is CCN1CCN(CC(=O)N2CCN(S(=O)(=O)c3cc(OC)ccc3OC)CC2)C(=O)C1=O. The Bertz CT molecular complexity index is 990. The van der Waals surface area contributed by atoms with Gasteiger partial charge in [0.2, 0.25) is 15.9 Å². The second kappa shape index (κ2) is 9.74. The maximum absolute atomic E-state index is 13.2. The van der Waals surface area contributed by atoms with E-state index in [1.54, 1.807) is 13.0 Å². The van der Waals surface area contributed by atoms with Gasteiger partial charge in [0, 0.05) is 51.9 Å². The minimum absolute atomic E-state index is 0.00275. The maximum Gasteiger partial charge on any atom is 0.312 e. The Balaban J connectivity index is 1.63. The topological polar surface area (TPSA) is 117 Å². The molecule has 1 aromatic rings. The van der Waals surface area contributed by atoms with E-state index in [0.717, 1.165) is 0 Å². The molecular weight excluding hydrogens is 440 g/mol. The number of benzene rings is 1. The summed E-state index contributed by atoms with van der Waals surface area (Å²) in [5.41, 5.74) is 0. The van der Waals surface area contributed by atoms with Crippen molar-refractivity contribution >= 4 is 27.7 Å². The molecule has 0 aromatic heterocycles. The van der Waals surface area contributed by atoms with Crippen molar-refractivity contribution < 1.29 is 32.3 Å². The molecule has 2 aliphatic heterocycles. The molecule has 12 heteroatoms. The maximum atomic E-state index is 13.2. The summed E-state index contributed by atoms with van der Waals surface area (Å²) >= 11 is 0. The van der Waals surface area contributed by atoms with Crippen molar-refractivity contribution in [2.75, 3.05) is 66.6 Å². The Morgan fingerprint density at radius 2 is 1.56 bits per heavy atom. The van der Waals surface area contributed by atoms with E-state index in [9.17, 15) is 22.8 Å². The predicted molar refractivity (Wildman–Crippen MR) is 114 cm³/mol. The second-order valence-corrected chi connectivity index (χ2v) is 9.32. The molecule has 3 amide bonds. The van der Waals surface area contributed by atoms with E-state index >= 15 is 0 Å². The third kappa shape index (κ3) is 4.65. The van der Waals surface area contributed by atoms with Gasteiger partial charge >= 0.3 is 11.8 Å². The summed E-state index contributed by atoms with van der Waals surface area (Å²) in [6, 6.07) is 4.55. The van der Waals surface area contributed by atoms with Crippen molar-refractivity contribution in [3.05, 3.63) is 18.2 Å². The molecule has 0 N–H and O–H groups in total. The fourth-order valence-electron chi connectivity index (χ4n) is 3.73. The number of sulfonamides is 1. The van der Waals surface area contributed by atoms with E-state index in [0.29, 0.717) is 25.4 Å². The van der Waals surface area contributed by atoms with Crippen LogP contribution in [0.4, 0.5) is 0 Å². The monoisotopic (exact) mass is 468 g/mol. The molecule has 176 valence electrons. The molecule has 11 nitrogen and oxygen atoms in total. The van der Waals surface area contributed by atoms with E-state index in [1.165, 1.54) is 45.4 Å². The van der Waals surface area contributed by atoms with Crippen LogP contribution in [0.1, 0.15) is 6.92 Å². The quantitative estimate of drug-likeness (QED) is 0.482. The van der Waals surface area contributed by atoms with Crippen LogP contribution in [0.5, 0.6) is 11.5 Å². The summed E-state index contributed by atoms with van der Waals surface area (Å²) in [5.74, 6) is -1.00. The lowest BCUT2D eigenvalue weighted by Gasteiger charge is -2.37. The highest BCUT2D eigenvalue weighted by molar-refractivity contribution is 7.89. The van der Waals surface area contributed by atoms with Gasteiger partial charge in [-0.2, -0.15) is 4.31 Å². The van der Waals surface area contributed by atoms with Gasteiger partial charge < -0.3 is 24.2 Å². The van der Waals surface area contributed by atoms with Crippen LogP contribution < -0.4 is 9.47 Å². The molecule has 0 spiro atoms. The summed E-state index contributed by atoms with van der Waals surface area (Å²) < 4.78 is 38.0. The second-order valence-electron chi connectivity index (χ2n) is 7.41. The first-order valence-corrected chi connectivity index (χ1v) is 11.7. The Morgan fingerprint density at radius 3 is 2.16 bits per heavy atom. The van der Waals surface area contributed by atoms with Gasteiger partial charge in [-0.1, -0.05) is 0 Å². The number of likely N-dealkylation sites (N-methyl/N-ethyl adjacent to an activating group) is 1. The first-order valence-electron chi connectivity index (χ1n) is 10.3. The third-order valence-corrected chi connectivity index (χ3v) is 7.60. The molecule has 0 aliphatic carbocycles. The highest BCUT2D eigenvalue weighted by atomic mass is 32.2. The molecule has 2 fully saturated rings. The number of nitrogens with zero attached hydrogens (tertiary/aromatic N) is 4. The summed E-state index contributed by atoms with van der Waals surface area (Å²) in [6.07, 6.45) is 0. The highest BCUT2D eigenvalue weighted by Gasteiger charge is 2.36. The molecule has 32 heavy (non-hydrogen) atoms. The van der Waals surface area contributed by atoms with Gasteiger partial charge in [-0.05, 0) is 19.1 Å². The number of carbonyl (C=O) groups is 3. The molecule has 2 heterocycles. The number of rotatable bonds is 7. The number of methoxy groups -OCH3 is 2. The summed E-state index contributed by atoms with van der Waals surface area (Å²) in [4.78, 5) is 41.1. The lowest BCUT2D eigenvalue weighted by atomic mass is 10.2. The third-order valence-electron chi connectivity index (χ3n) is 5.69. The number of piperazine rings is 2. The fourth-order valence-corrected chi connectivity index (χ4v) is 5.33. The van der Waals surface area contributed by atoms with Crippen molar-refractivity contribution in [2.45, 2.75) is 11.8 Å². The number of ether oxygens (including phenoxy) is 2. The van der Waals surface area contributed by atoms with Crippen LogP contribution in [0, 0.1) is 0 Å². The van der Waals surface area contributed by atoms with Crippen molar-refractivity contribution in [3.8, 4) is 11.5 Å². The van der Waals surface area contributed by atoms with Crippen LogP contribution in [-0.4, -0.2) is 112 Å². The van der Waals surface area contributed by atoms with E-state index in [4.69, 9.17) is 9.47 Å². The first-order chi connectivity index (χ1) is 15.2. The van der Waals surface area contributed by atoms with Crippen LogP contribution in [-0.2, 0) is 24.4 Å². The zero-order valence-electron chi connectivity index (χ0n) is 18.4. The molecular formula is C20H28N4O7S. The zero-order chi connectivity index (χ0) is 23.5. The molecule has 2 saturated heterocycles.